The van der Waals surface area contributed by atoms with Gasteiger partial charge in [-0.15, -0.1) is 0 Å². The van der Waals surface area contributed by atoms with E-state index in [2.05, 4.69) is 47.6 Å². The minimum atomic E-state index is -3.60. The molecular weight excluding hydrogens is 864 g/mol. The molecule has 0 radical (unpaired) electrons. The van der Waals surface area contributed by atoms with E-state index in [1.807, 2.05) is 13.8 Å². The van der Waals surface area contributed by atoms with Gasteiger partial charge >= 0.3 is 63.3 Å². The van der Waals surface area contributed by atoms with Crippen LogP contribution in [0.4, 0.5) is 0 Å². The molecule has 0 amide bonds. The zero-order chi connectivity index (χ0) is 39.1. The molecular formula is C23H41Cl6NaO16S3. The fraction of sp³-hybridized carbons (Fsp3) is 0.826. The summed E-state index contributed by atoms with van der Waals surface area (Å²) in [6.07, 6.45) is -0.346. The summed E-state index contributed by atoms with van der Waals surface area (Å²) in [6.45, 7) is 10.1. The van der Waals surface area contributed by atoms with Crippen molar-refractivity contribution in [2.24, 2.45) is 11.3 Å². The van der Waals surface area contributed by atoms with E-state index in [-0.39, 0.29) is 86.3 Å². The molecule has 6 unspecified atom stereocenters. The van der Waals surface area contributed by atoms with Crippen LogP contribution in [0.2, 0.25) is 0 Å². The van der Waals surface area contributed by atoms with Gasteiger partial charge in [-0.2, -0.15) is 12.6 Å². The van der Waals surface area contributed by atoms with Crippen molar-refractivity contribution in [1.29, 1.82) is 0 Å². The number of hydrogen-bond acceptors (Lipinski definition) is 16. The largest absolute Gasteiger partial charge is 1.00 e. The Morgan fingerprint density at radius 1 is 1.04 bits per heavy atom. The van der Waals surface area contributed by atoms with E-state index in [4.69, 9.17) is 60.8 Å². The predicted molar refractivity (Wildman–Crippen MR) is 182 cm³/mol. The molecule has 0 aromatic carbocycles. The van der Waals surface area contributed by atoms with Crippen LogP contribution >= 0.6 is 67.8 Å². The number of rotatable bonds is 5. The molecule has 3 rings (SSSR count). The Balaban J connectivity index is -0.000000115. The maximum Gasteiger partial charge on any atom is 1.00 e. The van der Waals surface area contributed by atoms with E-state index >= 15 is 0 Å². The Morgan fingerprint density at radius 2 is 1.45 bits per heavy atom. The van der Waals surface area contributed by atoms with E-state index in [1.165, 1.54) is 35.0 Å². The minimum Gasteiger partial charge on any atom is -1.00 e. The average molecular weight is 905 g/mol. The molecule has 3 aliphatic rings. The number of hydrogen-bond donors (Lipinski definition) is 2. The van der Waals surface area contributed by atoms with Gasteiger partial charge in [0.15, 0.2) is 0 Å². The second kappa shape index (κ2) is 31.4. The number of alkyl halides is 4. The summed E-state index contributed by atoms with van der Waals surface area (Å²) in [4.78, 5) is 42.4. The Hall–Kier alpha value is 1.03. The summed E-state index contributed by atoms with van der Waals surface area (Å²) in [7, 11) is 6.34. The summed E-state index contributed by atoms with van der Waals surface area (Å²) in [5.41, 5.74) is -0.783. The van der Waals surface area contributed by atoms with Crippen LogP contribution in [0.5, 0.6) is 0 Å². The summed E-state index contributed by atoms with van der Waals surface area (Å²) in [5, 5.41) is 16.0. The second-order valence-corrected chi connectivity index (χ2v) is 17.3. The average Bonchev–Trinajstić information content (AvgIpc) is 3.31. The summed E-state index contributed by atoms with van der Waals surface area (Å²) in [6, 6.07) is 0. The monoisotopic (exact) mass is 902 g/mol. The third-order valence-corrected chi connectivity index (χ3v) is 6.55. The number of ketones is 2. The number of methoxy groups -OCH3 is 2. The molecule has 1 aliphatic carbocycles. The summed E-state index contributed by atoms with van der Waals surface area (Å²) >= 11 is 17.9. The normalized spacial score (nSPS) is 24.3. The first-order chi connectivity index (χ1) is 21.6. The van der Waals surface area contributed by atoms with Crippen molar-refractivity contribution in [3.05, 3.63) is 0 Å². The first kappa shape index (κ1) is 59.3. The van der Waals surface area contributed by atoms with Gasteiger partial charge in [-0.05, 0) is 47.0 Å². The molecule has 3 fully saturated rings. The van der Waals surface area contributed by atoms with Crippen molar-refractivity contribution >= 4 is 122 Å². The van der Waals surface area contributed by atoms with Gasteiger partial charge in [-0.25, -0.2) is 12.6 Å². The third-order valence-electron chi connectivity index (χ3n) is 4.74. The molecule has 2 heterocycles. The maximum atomic E-state index is 11.1. The molecule has 2 aliphatic heterocycles. The molecule has 2 N–H and O–H groups in total. The van der Waals surface area contributed by atoms with Crippen LogP contribution in [0.25, 0.3) is 0 Å². The molecule has 1 saturated carbocycles. The molecule has 2 saturated heterocycles. The quantitative estimate of drug-likeness (QED) is 0.127. The van der Waals surface area contributed by atoms with Crippen molar-refractivity contribution in [3.63, 3.8) is 0 Å². The fourth-order valence-corrected chi connectivity index (χ4v) is 4.13. The predicted octanol–water partition coefficient (Wildman–Crippen LogP) is 0.652. The van der Waals surface area contributed by atoms with Crippen LogP contribution in [-0.2, 0) is 76.4 Å². The van der Waals surface area contributed by atoms with Crippen molar-refractivity contribution in [2.75, 3.05) is 34.0 Å². The summed E-state index contributed by atoms with van der Waals surface area (Å²) < 4.78 is 64.4. The van der Waals surface area contributed by atoms with E-state index in [9.17, 15) is 31.8 Å². The molecule has 0 bridgehead atoms. The molecule has 26 heteroatoms. The van der Waals surface area contributed by atoms with Gasteiger partial charge in [0.1, 0.15) is 29.5 Å². The SMILES string of the molecule is CC(O)CO.CC1COS(=O)(=O)O1.CC1COS(=O)O1.COC(=O)C1(C(C)=O)CC1C.COC(=O)CC(C)=O.ClC(Cl)(Cl)Cl.O=S(Cl)Cl.[H-].[Na+]. The zero-order valence-corrected chi connectivity index (χ0v) is 36.9. The third kappa shape index (κ3) is 40.1. The smallest absolute Gasteiger partial charge is 1.00 e. The number of halogens is 6. The van der Waals surface area contributed by atoms with Crippen LogP contribution in [0, 0.1) is 11.3 Å². The van der Waals surface area contributed by atoms with Gasteiger partial charge in [0.25, 0.3) is 3.25 Å². The Bertz CT molecular complexity index is 1130. The fourth-order valence-electron chi connectivity index (χ4n) is 2.58. The van der Waals surface area contributed by atoms with Crippen molar-refractivity contribution in [2.45, 2.75) is 75.9 Å². The molecule has 6 atom stereocenters. The molecule has 16 nitrogen and oxygen atoms in total. The van der Waals surface area contributed by atoms with Gasteiger partial charge in [-0.1, -0.05) is 53.3 Å². The summed E-state index contributed by atoms with van der Waals surface area (Å²) in [5.74, 6) is -0.934. The minimum absolute atomic E-state index is 0. The van der Waals surface area contributed by atoms with E-state index in [0.717, 1.165) is 0 Å². The number of carbonyl (C=O) groups excluding carboxylic acids is 4. The molecule has 0 aromatic rings. The number of aliphatic hydroxyl groups is 2. The Labute approximate surface area is 344 Å². The van der Waals surface area contributed by atoms with Crippen molar-refractivity contribution in [3.8, 4) is 0 Å². The number of carbonyl (C=O) groups is 4. The van der Waals surface area contributed by atoms with Crippen LogP contribution in [-0.4, -0.2) is 106 Å². The number of ether oxygens (including phenoxy) is 2. The first-order valence-corrected chi connectivity index (χ1v) is 19.5. The van der Waals surface area contributed by atoms with Crippen LogP contribution < -0.4 is 29.6 Å². The standard InChI is InChI=1S/C8H12O3.C5H8O3.C3H6O4S.C3H6O3S.C3H8O2.CCl4.Cl2OS.Na.H/c1-5-4-8(5,6(2)9)7(10)11-3;1-4(6)3-5(7)8-2;1-3-2-6-8(4,5)7-3;1-3-2-5-7(4)6-3;1-3(5)2-4;2-1(3,4)5;1-4(2)3;;/h5H,4H2,1-3H3;3H2,1-2H3;3H,2H2,1H3;3H,2H2,1H3;3-5H,2H2,1H3;;;;/q;;;;;;;+1;-1. The number of aliphatic hydroxyl groups excluding tert-OH is 2. The van der Waals surface area contributed by atoms with Crippen LogP contribution in [0.3, 0.4) is 0 Å². The molecule has 0 aromatic heterocycles. The van der Waals surface area contributed by atoms with Gasteiger partial charge in [0, 0.05) is 21.4 Å². The molecule has 0 spiro atoms. The topological polar surface area (TPSA) is 232 Å². The van der Waals surface area contributed by atoms with Crippen molar-refractivity contribution < 1.29 is 103 Å². The van der Waals surface area contributed by atoms with E-state index in [1.54, 1.807) is 6.92 Å². The van der Waals surface area contributed by atoms with Crippen LogP contribution in [0.1, 0.15) is 55.8 Å². The zero-order valence-electron chi connectivity index (χ0n) is 28.9. The second-order valence-electron chi connectivity index (χ2n) is 9.22. The van der Waals surface area contributed by atoms with E-state index in [0.29, 0.717) is 13.0 Å². The Kier molecular flexibility index (Phi) is 38.0. The van der Waals surface area contributed by atoms with E-state index < -0.39 is 51.7 Å². The number of esters is 2. The van der Waals surface area contributed by atoms with Gasteiger partial charge in [-0.3, -0.25) is 27.5 Å². The van der Waals surface area contributed by atoms with Gasteiger partial charge < -0.3 is 21.1 Å². The molecule has 49 heavy (non-hydrogen) atoms. The molecule has 290 valence electrons. The Morgan fingerprint density at radius 3 is 1.53 bits per heavy atom. The van der Waals surface area contributed by atoms with Gasteiger partial charge in [0.05, 0.1) is 46.2 Å². The first-order valence-electron chi connectivity index (χ1n) is 12.9. The number of Topliss-reactive ketones (excluding diaryl/α,β-unsaturated/α-hetero) is 2. The van der Waals surface area contributed by atoms with Crippen LogP contribution in [0.15, 0.2) is 0 Å². The van der Waals surface area contributed by atoms with Gasteiger partial charge in [0.2, 0.25) is 9.23 Å². The van der Waals surface area contributed by atoms with Crippen molar-refractivity contribution in [1.82, 2.24) is 0 Å². The maximum absolute atomic E-state index is 11.1.